The summed E-state index contributed by atoms with van der Waals surface area (Å²) in [6.45, 7) is 2.06. The quantitative estimate of drug-likeness (QED) is 0.820. The normalized spacial score (nSPS) is 10.2. The van der Waals surface area contributed by atoms with Crippen LogP contribution in [0.2, 0.25) is 0 Å². The molecule has 2 aromatic rings. The summed E-state index contributed by atoms with van der Waals surface area (Å²) in [7, 11) is 0. The molecule has 0 saturated carbocycles. The van der Waals surface area contributed by atoms with E-state index in [0.717, 1.165) is 5.56 Å². The third-order valence-corrected chi connectivity index (χ3v) is 2.15. The van der Waals surface area contributed by atoms with Crippen molar-refractivity contribution in [3.8, 4) is 11.3 Å². The number of esters is 1. The average molecular weight is 232 g/mol. The molecular weight excluding hydrogens is 220 g/mol. The minimum atomic E-state index is -0.470. The van der Waals surface area contributed by atoms with E-state index in [1.54, 1.807) is 37.4 Å². The van der Waals surface area contributed by atoms with Gasteiger partial charge in [0.15, 0.2) is 0 Å². The summed E-state index contributed by atoms with van der Waals surface area (Å²) in [5.41, 5.74) is 6.24. The first-order valence-electron chi connectivity index (χ1n) is 5.19. The molecule has 2 aromatic heterocycles. The van der Waals surface area contributed by atoms with Crippen LogP contribution in [0.1, 0.15) is 17.5 Å². The predicted molar refractivity (Wildman–Crippen MR) is 62.3 cm³/mol. The summed E-state index contributed by atoms with van der Waals surface area (Å²) in [6.07, 6.45) is 1.59. The van der Waals surface area contributed by atoms with Gasteiger partial charge in [-0.1, -0.05) is 0 Å². The topological polar surface area (TPSA) is 78.4 Å². The van der Waals surface area contributed by atoms with Crippen LogP contribution in [-0.2, 0) is 4.74 Å². The van der Waals surface area contributed by atoms with Gasteiger partial charge in [0.2, 0.25) is 5.76 Å². The van der Waals surface area contributed by atoms with E-state index in [4.69, 9.17) is 14.9 Å². The zero-order valence-corrected chi connectivity index (χ0v) is 9.34. The number of rotatable bonds is 3. The highest BCUT2D eigenvalue weighted by Crippen LogP contribution is 2.22. The van der Waals surface area contributed by atoms with Crippen molar-refractivity contribution in [2.45, 2.75) is 6.92 Å². The number of carbonyl (C=O) groups is 1. The van der Waals surface area contributed by atoms with Crippen LogP contribution >= 0.6 is 0 Å². The summed E-state index contributed by atoms with van der Waals surface area (Å²) in [4.78, 5) is 15.3. The maximum atomic E-state index is 11.4. The van der Waals surface area contributed by atoms with Crippen LogP contribution in [0, 0.1) is 0 Å². The molecule has 2 N–H and O–H groups in total. The lowest BCUT2D eigenvalue weighted by molar-refractivity contribution is 0.0491. The molecule has 0 aliphatic heterocycles. The summed E-state index contributed by atoms with van der Waals surface area (Å²) in [5.74, 6) is 0.701. The fraction of sp³-hybridized carbons (Fsp3) is 0.167. The van der Waals surface area contributed by atoms with Gasteiger partial charge in [-0.2, -0.15) is 0 Å². The number of nitrogens with two attached hydrogens (primary N) is 1. The predicted octanol–water partition coefficient (Wildman–Crippen LogP) is 2.10. The monoisotopic (exact) mass is 232 g/mol. The lowest BCUT2D eigenvalue weighted by Gasteiger charge is -1.98. The lowest BCUT2D eigenvalue weighted by Crippen LogP contribution is -2.02. The molecule has 0 bridgehead atoms. The number of ether oxygens (including phenoxy) is 1. The van der Waals surface area contributed by atoms with E-state index in [0.29, 0.717) is 18.2 Å². The number of hydrogen-bond donors (Lipinski definition) is 1. The Morgan fingerprint density at radius 3 is 2.88 bits per heavy atom. The molecule has 2 rings (SSSR count). The molecule has 0 saturated heterocycles. The molecule has 0 atom stereocenters. The van der Waals surface area contributed by atoms with Crippen molar-refractivity contribution in [2.24, 2.45) is 0 Å². The number of hydrogen-bond acceptors (Lipinski definition) is 5. The van der Waals surface area contributed by atoms with Gasteiger partial charge in [0.05, 0.1) is 6.61 Å². The smallest absolute Gasteiger partial charge is 0.374 e. The Bertz CT molecular complexity index is 517. The van der Waals surface area contributed by atoms with Crippen LogP contribution in [0.3, 0.4) is 0 Å². The molecule has 5 heteroatoms. The van der Waals surface area contributed by atoms with Gasteiger partial charge >= 0.3 is 5.97 Å². The van der Waals surface area contributed by atoms with Crippen LogP contribution in [0.25, 0.3) is 11.3 Å². The van der Waals surface area contributed by atoms with Gasteiger partial charge in [-0.25, -0.2) is 9.78 Å². The maximum Gasteiger partial charge on any atom is 0.374 e. The summed E-state index contributed by atoms with van der Waals surface area (Å²) < 4.78 is 10.2. The number of carbonyl (C=O) groups excluding carboxylic acids is 1. The summed E-state index contributed by atoms with van der Waals surface area (Å²) >= 11 is 0. The fourth-order valence-electron chi connectivity index (χ4n) is 1.36. The summed E-state index contributed by atoms with van der Waals surface area (Å²) in [6, 6.07) is 6.71. The molecule has 0 radical (unpaired) electrons. The Kier molecular flexibility index (Phi) is 3.09. The van der Waals surface area contributed by atoms with E-state index in [-0.39, 0.29) is 5.76 Å². The second-order valence-electron chi connectivity index (χ2n) is 3.36. The Morgan fingerprint density at radius 2 is 2.24 bits per heavy atom. The molecule has 0 fully saturated rings. The van der Waals surface area contributed by atoms with E-state index < -0.39 is 5.97 Å². The fourth-order valence-corrected chi connectivity index (χ4v) is 1.36. The molecule has 17 heavy (non-hydrogen) atoms. The van der Waals surface area contributed by atoms with E-state index >= 15 is 0 Å². The Balaban J connectivity index is 2.23. The van der Waals surface area contributed by atoms with Crippen molar-refractivity contribution in [3.05, 3.63) is 36.2 Å². The number of anilines is 1. The van der Waals surface area contributed by atoms with Crippen molar-refractivity contribution in [1.82, 2.24) is 4.98 Å². The van der Waals surface area contributed by atoms with Crippen molar-refractivity contribution in [1.29, 1.82) is 0 Å². The van der Waals surface area contributed by atoms with Crippen molar-refractivity contribution in [2.75, 3.05) is 12.3 Å². The minimum absolute atomic E-state index is 0.179. The molecule has 0 amide bonds. The lowest BCUT2D eigenvalue weighted by atomic mass is 10.2. The van der Waals surface area contributed by atoms with Gasteiger partial charge in [0, 0.05) is 11.8 Å². The van der Waals surface area contributed by atoms with Gasteiger partial charge in [-0.3, -0.25) is 0 Å². The van der Waals surface area contributed by atoms with E-state index in [2.05, 4.69) is 4.98 Å². The molecule has 0 spiro atoms. The van der Waals surface area contributed by atoms with Gasteiger partial charge in [-0.15, -0.1) is 0 Å². The Labute approximate surface area is 98.2 Å². The molecule has 5 nitrogen and oxygen atoms in total. The third kappa shape index (κ3) is 2.44. The zero-order chi connectivity index (χ0) is 12.3. The Morgan fingerprint density at radius 1 is 1.41 bits per heavy atom. The largest absolute Gasteiger partial charge is 0.460 e. The first-order chi connectivity index (χ1) is 8.20. The van der Waals surface area contributed by atoms with Crippen LogP contribution in [0.4, 0.5) is 5.82 Å². The van der Waals surface area contributed by atoms with Crippen molar-refractivity contribution < 1.29 is 13.9 Å². The molecular formula is C12H12N2O3. The number of nitrogens with zero attached hydrogens (tertiary/aromatic N) is 1. The van der Waals surface area contributed by atoms with Crippen molar-refractivity contribution in [3.63, 3.8) is 0 Å². The van der Waals surface area contributed by atoms with E-state index in [1.165, 1.54) is 0 Å². The number of nitrogen functional groups attached to an aromatic ring is 1. The van der Waals surface area contributed by atoms with E-state index in [1.807, 2.05) is 0 Å². The molecule has 0 unspecified atom stereocenters. The molecule has 0 aliphatic carbocycles. The highest BCUT2D eigenvalue weighted by molar-refractivity contribution is 5.87. The first-order valence-corrected chi connectivity index (χ1v) is 5.19. The Hall–Kier alpha value is -2.30. The van der Waals surface area contributed by atoms with Crippen molar-refractivity contribution >= 4 is 11.8 Å². The third-order valence-electron chi connectivity index (χ3n) is 2.15. The molecule has 0 aromatic carbocycles. The van der Waals surface area contributed by atoms with Crippen LogP contribution in [-0.4, -0.2) is 17.6 Å². The minimum Gasteiger partial charge on any atom is -0.460 e. The average Bonchev–Trinajstić information content (AvgIpc) is 2.80. The van der Waals surface area contributed by atoms with Crippen LogP contribution in [0.5, 0.6) is 0 Å². The van der Waals surface area contributed by atoms with Gasteiger partial charge in [-0.05, 0) is 31.2 Å². The molecule has 0 aliphatic rings. The van der Waals surface area contributed by atoms with Crippen LogP contribution in [0.15, 0.2) is 34.9 Å². The van der Waals surface area contributed by atoms with Gasteiger partial charge in [0.1, 0.15) is 11.6 Å². The number of aromatic nitrogens is 1. The van der Waals surface area contributed by atoms with Gasteiger partial charge < -0.3 is 14.9 Å². The second-order valence-corrected chi connectivity index (χ2v) is 3.36. The number of pyridine rings is 1. The molecule has 2 heterocycles. The maximum absolute atomic E-state index is 11.4. The van der Waals surface area contributed by atoms with Gasteiger partial charge in [0.25, 0.3) is 0 Å². The number of furan rings is 1. The first kappa shape index (κ1) is 11.2. The SMILES string of the molecule is CCOC(=O)c1ccc(-c2ccc(N)nc2)o1. The second kappa shape index (κ2) is 4.69. The standard InChI is InChI=1S/C12H12N2O3/c1-2-16-12(15)10-5-4-9(17-10)8-3-6-11(13)14-7-8/h3-7H,2H2,1H3,(H2,13,14). The zero-order valence-electron chi connectivity index (χ0n) is 9.34. The van der Waals surface area contributed by atoms with Crippen LogP contribution < -0.4 is 5.73 Å². The highest BCUT2D eigenvalue weighted by atomic mass is 16.5. The van der Waals surface area contributed by atoms with E-state index in [9.17, 15) is 4.79 Å². The molecule has 88 valence electrons. The summed E-state index contributed by atoms with van der Waals surface area (Å²) in [5, 5.41) is 0. The highest BCUT2D eigenvalue weighted by Gasteiger charge is 2.12.